The number of carbonyl (C=O) groups excluding carboxylic acids is 2. The fourth-order valence-corrected chi connectivity index (χ4v) is 5.91. The first-order valence-corrected chi connectivity index (χ1v) is 10.9. The number of amides is 2. The van der Waals surface area contributed by atoms with Crippen molar-refractivity contribution in [2.75, 3.05) is 46.4 Å². The lowest BCUT2D eigenvalue weighted by Crippen LogP contribution is -2.49. The maximum Gasteiger partial charge on any atom is 0.263 e. The predicted octanol–water partition coefficient (Wildman–Crippen LogP) is 1.98. The van der Waals surface area contributed by atoms with E-state index in [1.807, 2.05) is 9.80 Å². The summed E-state index contributed by atoms with van der Waals surface area (Å²) in [4.78, 5) is 31.1. The summed E-state index contributed by atoms with van der Waals surface area (Å²) in [5.74, 6) is 0.335. The number of hydrogen-bond donors (Lipinski definition) is 1. The lowest BCUT2D eigenvalue weighted by atomic mass is 9.85. The molecule has 0 saturated carbocycles. The Labute approximate surface area is 164 Å². The van der Waals surface area contributed by atoms with Crippen molar-refractivity contribution < 1.29 is 14.3 Å². The molecule has 7 heteroatoms. The van der Waals surface area contributed by atoms with Gasteiger partial charge in [-0.2, -0.15) is 0 Å². The summed E-state index contributed by atoms with van der Waals surface area (Å²) in [5.41, 5.74) is 0.969. The van der Waals surface area contributed by atoms with Gasteiger partial charge < -0.3 is 19.9 Å². The van der Waals surface area contributed by atoms with Crippen LogP contribution < -0.4 is 5.32 Å². The fraction of sp³-hybridized carbons (Fsp3) is 0.700. The van der Waals surface area contributed by atoms with Gasteiger partial charge in [-0.3, -0.25) is 9.59 Å². The maximum absolute atomic E-state index is 12.9. The quantitative estimate of drug-likeness (QED) is 0.856. The summed E-state index contributed by atoms with van der Waals surface area (Å²) in [6.45, 7) is 4.27. The molecule has 148 valence electrons. The Balaban J connectivity index is 1.51. The van der Waals surface area contributed by atoms with Gasteiger partial charge in [-0.15, -0.1) is 11.3 Å². The molecule has 1 aromatic heterocycles. The van der Waals surface area contributed by atoms with Crippen LogP contribution in [0.15, 0.2) is 6.07 Å². The van der Waals surface area contributed by atoms with E-state index in [2.05, 4.69) is 11.4 Å². The second-order valence-electron chi connectivity index (χ2n) is 7.82. The van der Waals surface area contributed by atoms with Crippen LogP contribution in [-0.2, 0) is 21.6 Å². The third-order valence-corrected chi connectivity index (χ3v) is 7.43. The van der Waals surface area contributed by atoms with Crippen LogP contribution in [0.25, 0.3) is 0 Å². The molecule has 4 rings (SSSR count). The normalized spacial score (nSPS) is 22.0. The molecule has 0 aromatic carbocycles. The molecule has 4 heterocycles. The lowest BCUT2D eigenvalue weighted by Gasteiger charge is -2.43. The van der Waals surface area contributed by atoms with Crippen LogP contribution in [0.1, 0.15) is 52.2 Å². The molecule has 1 aromatic rings. The van der Waals surface area contributed by atoms with Crippen LogP contribution in [0.3, 0.4) is 0 Å². The first kappa shape index (κ1) is 18.9. The number of nitrogens with one attached hydrogen (secondary N) is 1. The molecule has 0 unspecified atom stereocenters. The minimum Gasteiger partial charge on any atom is -0.369 e. The average molecular weight is 392 g/mol. The Morgan fingerprint density at radius 2 is 1.89 bits per heavy atom. The van der Waals surface area contributed by atoms with Crippen molar-refractivity contribution >= 4 is 23.2 Å². The van der Waals surface area contributed by atoms with Crippen LogP contribution in [0.5, 0.6) is 0 Å². The number of likely N-dealkylation sites (tertiary alicyclic amines) is 2. The van der Waals surface area contributed by atoms with Crippen LogP contribution in [0.2, 0.25) is 0 Å². The number of hydrogen-bond acceptors (Lipinski definition) is 5. The van der Waals surface area contributed by atoms with Crippen LogP contribution >= 0.6 is 11.3 Å². The Bertz CT molecular complexity index is 703. The molecule has 2 amide bonds. The number of ether oxygens (including phenoxy) is 1. The molecule has 3 aliphatic heterocycles. The molecular formula is C20H29N3O3S. The van der Waals surface area contributed by atoms with Gasteiger partial charge in [-0.25, -0.2) is 0 Å². The van der Waals surface area contributed by atoms with E-state index in [1.54, 1.807) is 18.4 Å². The summed E-state index contributed by atoms with van der Waals surface area (Å²) in [5, 5.41) is 2.94. The van der Waals surface area contributed by atoms with E-state index in [0.29, 0.717) is 26.2 Å². The summed E-state index contributed by atoms with van der Waals surface area (Å²) in [6, 6.07) is 2.11. The molecule has 27 heavy (non-hydrogen) atoms. The van der Waals surface area contributed by atoms with Gasteiger partial charge in [0.15, 0.2) is 0 Å². The molecule has 2 saturated heterocycles. The highest BCUT2D eigenvalue weighted by Crippen LogP contribution is 2.45. The van der Waals surface area contributed by atoms with Gasteiger partial charge >= 0.3 is 0 Å². The van der Waals surface area contributed by atoms with Crippen LogP contribution in [0, 0.1) is 0 Å². The van der Waals surface area contributed by atoms with Gasteiger partial charge in [-0.1, -0.05) is 0 Å². The van der Waals surface area contributed by atoms with E-state index >= 15 is 0 Å². The number of piperidine rings is 2. The summed E-state index contributed by atoms with van der Waals surface area (Å²) < 4.78 is 6.29. The van der Waals surface area contributed by atoms with E-state index in [0.717, 1.165) is 50.1 Å². The van der Waals surface area contributed by atoms with Crippen molar-refractivity contribution in [1.82, 2.24) is 15.1 Å². The number of nitrogens with zero attached hydrogens (tertiary/aromatic N) is 2. The van der Waals surface area contributed by atoms with Gasteiger partial charge in [0.1, 0.15) is 5.60 Å². The topological polar surface area (TPSA) is 61.9 Å². The zero-order chi connectivity index (χ0) is 18.9. The average Bonchev–Trinajstić information content (AvgIpc) is 3.15. The standard InChI is InChI=1S/C20H29N3O3S/c1-21-14-17(24)22-10-6-20(7-11-22)18-15(5-12-26-20)13-16(27-18)19(25)23-8-3-2-4-9-23/h13,21H,2-12,14H2,1H3. The monoisotopic (exact) mass is 391 g/mol. The number of carbonyl (C=O) groups is 2. The largest absolute Gasteiger partial charge is 0.369 e. The minimum absolute atomic E-state index is 0.149. The predicted molar refractivity (Wildman–Crippen MR) is 105 cm³/mol. The lowest BCUT2D eigenvalue weighted by molar-refractivity contribution is -0.139. The van der Waals surface area contributed by atoms with Crippen molar-refractivity contribution in [3.63, 3.8) is 0 Å². The Kier molecular flexibility index (Phi) is 5.53. The molecule has 1 N–H and O–H groups in total. The first-order chi connectivity index (χ1) is 13.1. The van der Waals surface area contributed by atoms with Gasteiger partial charge in [0.25, 0.3) is 5.91 Å². The van der Waals surface area contributed by atoms with Crippen LogP contribution in [-0.4, -0.2) is 68.0 Å². The number of thiophene rings is 1. The van der Waals surface area contributed by atoms with Crippen molar-refractivity contribution in [2.24, 2.45) is 0 Å². The minimum atomic E-state index is -0.310. The highest BCUT2D eigenvalue weighted by molar-refractivity contribution is 7.14. The molecule has 0 radical (unpaired) electrons. The zero-order valence-electron chi connectivity index (χ0n) is 16.1. The third-order valence-electron chi connectivity index (χ3n) is 6.08. The highest BCUT2D eigenvalue weighted by Gasteiger charge is 2.43. The van der Waals surface area contributed by atoms with Crippen molar-refractivity contribution in [3.05, 3.63) is 21.4 Å². The van der Waals surface area contributed by atoms with Gasteiger partial charge in [-0.05, 0) is 57.2 Å². The van der Waals surface area contributed by atoms with E-state index in [1.165, 1.54) is 16.9 Å². The van der Waals surface area contributed by atoms with E-state index in [9.17, 15) is 9.59 Å². The molecule has 2 fully saturated rings. The molecule has 0 bridgehead atoms. The molecule has 3 aliphatic rings. The summed E-state index contributed by atoms with van der Waals surface area (Å²) in [6.07, 6.45) is 5.95. The van der Waals surface area contributed by atoms with Gasteiger partial charge in [0.05, 0.1) is 18.0 Å². The zero-order valence-corrected chi connectivity index (χ0v) is 16.9. The maximum atomic E-state index is 12.9. The SMILES string of the molecule is CNCC(=O)N1CCC2(CC1)OCCc1cc(C(=O)N3CCCCC3)sc12. The molecule has 6 nitrogen and oxygen atoms in total. The fourth-order valence-electron chi connectivity index (χ4n) is 4.53. The van der Waals surface area contributed by atoms with Gasteiger partial charge in [0.2, 0.25) is 5.91 Å². The van der Waals surface area contributed by atoms with E-state index in [-0.39, 0.29) is 17.4 Å². The molecular weight excluding hydrogens is 362 g/mol. The molecule has 0 atom stereocenters. The highest BCUT2D eigenvalue weighted by atomic mass is 32.1. The third kappa shape index (κ3) is 3.65. The number of rotatable bonds is 3. The van der Waals surface area contributed by atoms with E-state index in [4.69, 9.17) is 4.74 Å². The summed E-state index contributed by atoms with van der Waals surface area (Å²) >= 11 is 1.63. The molecule has 0 aliphatic carbocycles. The van der Waals surface area contributed by atoms with Gasteiger partial charge in [0, 0.05) is 31.1 Å². The Morgan fingerprint density at radius 3 is 2.59 bits per heavy atom. The van der Waals surface area contributed by atoms with Crippen molar-refractivity contribution in [3.8, 4) is 0 Å². The second-order valence-corrected chi connectivity index (χ2v) is 8.87. The van der Waals surface area contributed by atoms with Crippen LogP contribution in [0.4, 0.5) is 0 Å². The summed E-state index contributed by atoms with van der Waals surface area (Å²) in [7, 11) is 1.80. The van der Waals surface area contributed by atoms with Crippen molar-refractivity contribution in [2.45, 2.75) is 44.1 Å². The van der Waals surface area contributed by atoms with E-state index < -0.39 is 0 Å². The Morgan fingerprint density at radius 1 is 1.15 bits per heavy atom. The smallest absolute Gasteiger partial charge is 0.263 e. The second kappa shape index (κ2) is 7.89. The number of likely N-dealkylation sites (N-methyl/N-ethyl adjacent to an activating group) is 1. The van der Waals surface area contributed by atoms with Crippen molar-refractivity contribution in [1.29, 1.82) is 0 Å². The molecule has 1 spiro atoms. The number of fused-ring (bicyclic) bond motifs is 2. The Hall–Kier alpha value is -1.44. The first-order valence-electron chi connectivity index (χ1n) is 10.1.